The van der Waals surface area contributed by atoms with Crippen LogP contribution in [0.25, 0.3) is 22.7 Å². The van der Waals surface area contributed by atoms with E-state index in [0.29, 0.717) is 17.1 Å². The number of rotatable bonds is 6. The van der Waals surface area contributed by atoms with Crippen LogP contribution < -0.4 is 4.74 Å². The second-order valence-corrected chi connectivity index (χ2v) is 6.60. The molecule has 6 nitrogen and oxygen atoms in total. The number of aromatic carboxylic acids is 1. The number of carbonyl (C=O) groups is 1. The van der Waals surface area contributed by atoms with E-state index in [1.807, 2.05) is 48.5 Å². The summed E-state index contributed by atoms with van der Waals surface area (Å²) >= 11 is 0. The maximum atomic E-state index is 11.0. The van der Waals surface area contributed by atoms with Gasteiger partial charge in [0.1, 0.15) is 24.3 Å². The third-order valence-corrected chi connectivity index (χ3v) is 4.58. The minimum Gasteiger partial charge on any atom is -0.488 e. The van der Waals surface area contributed by atoms with Crippen LogP contribution >= 0.6 is 0 Å². The molecule has 0 atom stereocenters. The van der Waals surface area contributed by atoms with Crippen LogP contribution in [0.1, 0.15) is 27.3 Å². The molecule has 146 valence electrons. The highest BCUT2D eigenvalue weighted by atomic mass is 16.5. The minimum absolute atomic E-state index is 0.228. The molecule has 0 unspecified atom stereocenters. The largest absolute Gasteiger partial charge is 0.488 e. The van der Waals surface area contributed by atoms with Crippen LogP contribution in [0.15, 0.2) is 72.8 Å². The Bertz CT molecular complexity index is 1250. The van der Waals surface area contributed by atoms with Crippen molar-refractivity contribution in [3.63, 3.8) is 0 Å². The lowest BCUT2D eigenvalue weighted by Crippen LogP contribution is -1.99. The van der Waals surface area contributed by atoms with Gasteiger partial charge in [-0.05, 0) is 42.0 Å². The lowest BCUT2D eigenvalue weighted by Gasteiger charge is -2.10. The SMILES string of the molecule is N#C/C(=C/c1ccccc1OCc1ccc(C(=O)O)cc1)c1nc2ccccc2[nH]1. The van der Waals surface area contributed by atoms with Gasteiger partial charge in [0.2, 0.25) is 0 Å². The molecule has 1 aromatic heterocycles. The van der Waals surface area contributed by atoms with E-state index in [4.69, 9.17) is 9.84 Å². The molecule has 0 radical (unpaired) electrons. The Kier molecular flexibility index (Phi) is 5.27. The number of nitriles is 1. The van der Waals surface area contributed by atoms with Gasteiger partial charge in [-0.3, -0.25) is 0 Å². The fourth-order valence-electron chi connectivity index (χ4n) is 3.03. The number of fused-ring (bicyclic) bond motifs is 1. The Morgan fingerprint density at radius 2 is 1.80 bits per heavy atom. The minimum atomic E-state index is -0.965. The van der Waals surface area contributed by atoms with Crippen molar-refractivity contribution in [3.05, 3.63) is 95.3 Å². The molecule has 0 amide bonds. The third kappa shape index (κ3) is 4.05. The summed E-state index contributed by atoms with van der Waals surface area (Å²) < 4.78 is 5.93. The number of aromatic nitrogens is 2. The van der Waals surface area contributed by atoms with Gasteiger partial charge in [-0.25, -0.2) is 9.78 Å². The first-order chi connectivity index (χ1) is 14.6. The van der Waals surface area contributed by atoms with Crippen molar-refractivity contribution >= 4 is 28.7 Å². The van der Waals surface area contributed by atoms with Crippen molar-refractivity contribution in [2.24, 2.45) is 0 Å². The van der Waals surface area contributed by atoms with Crippen LogP contribution in [-0.2, 0) is 6.61 Å². The van der Waals surface area contributed by atoms with Crippen molar-refractivity contribution in [2.45, 2.75) is 6.61 Å². The molecule has 30 heavy (non-hydrogen) atoms. The van der Waals surface area contributed by atoms with Gasteiger partial charge in [0.15, 0.2) is 0 Å². The first kappa shape index (κ1) is 19.0. The molecule has 4 aromatic rings. The van der Waals surface area contributed by atoms with Crippen LogP contribution in [0.5, 0.6) is 5.75 Å². The average molecular weight is 395 g/mol. The molecule has 0 spiro atoms. The number of H-pyrrole nitrogens is 1. The summed E-state index contributed by atoms with van der Waals surface area (Å²) in [5.74, 6) is 0.147. The Morgan fingerprint density at radius 1 is 1.07 bits per heavy atom. The van der Waals surface area contributed by atoms with Gasteiger partial charge >= 0.3 is 5.97 Å². The first-order valence-corrected chi connectivity index (χ1v) is 9.25. The van der Waals surface area contributed by atoms with Crippen molar-refractivity contribution in [1.82, 2.24) is 9.97 Å². The number of para-hydroxylation sites is 3. The fraction of sp³-hybridized carbons (Fsp3) is 0.0417. The second-order valence-electron chi connectivity index (χ2n) is 6.60. The number of hydrogen-bond donors (Lipinski definition) is 2. The van der Waals surface area contributed by atoms with Crippen LogP contribution in [0.3, 0.4) is 0 Å². The zero-order chi connectivity index (χ0) is 20.9. The van der Waals surface area contributed by atoms with Crippen molar-refractivity contribution in [1.29, 1.82) is 5.26 Å². The Hall–Kier alpha value is -4.37. The zero-order valence-corrected chi connectivity index (χ0v) is 15.9. The number of nitrogens with zero attached hydrogens (tertiary/aromatic N) is 2. The standard InChI is InChI=1S/C24H17N3O3/c25-14-19(23-26-20-6-2-3-7-21(20)27-23)13-18-5-1-4-8-22(18)30-15-16-9-11-17(12-10-16)24(28)29/h1-13H,15H2,(H,26,27)(H,28,29)/b19-13-. The first-order valence-electron chi connectivity index (χ1n) is 9.25. The molecule has 3 aromatic carbocycles. The lowest BCUT2D eigenvalue weighted by atomic mass is 10.1. The summed E-state index contributed by atoms with van der Waals surface area (Å²) in [5.41, 5.74) is 3.87. The van der Waals surface area contributed by atoms with E-state index in [0.717, 1.165) is 22.2 Å². The number of ether oxygens (including phenoxy) is 1. The van der Waals surface area contributed by atoms with E-state index in [9.17, 15) is 10.1 Å². The van der Waals surface area contributed by atoms with E-state index in [1.54, 1.807) is 30.3 Å². The number of imidazole rings is 1. The van der Waals surface area contributed by atoms with Gasteiger partial charge < -0.3 is 14.8 Å². The smallest absolute Gasteiger partial charge is 0.335 e. The van der Waals surface area contributed by atoms with Gasteiger partial charge in [-0.1, -0.05) is 42.5 Å². The van der Waals surface area contributed by atoms with Crippen LogP contribution in [0, 0.1) is 11.3 Å². The molecule has 0 aliphatic heterocycles. The highest BCUT2D eigenvalue weighted by Crippen LogP contribution is 2.25. The van der Waals surface area contributed by atoms with Gasteiger partial charge in [0, 0.05) is 5.56 Å². The molecule has 0 bridgehead atoms. The number of benzene rings is 3. The topological polar surface area (TPSA) is 99.0 Å². The maximum absolute atomic E-state index is 11.0. The summed E-state index contributed by atoms with van der Waals surface area (Å²) in [5, 5.41) is 18.7. The number of nitrogens with one attached hydrogen (secondary N) is 1. The summed E-state index contributed by atoms with van der Waals surface area (Å²) in [6.07, 6.45) is 1.74. The summed E-state index contributed by atoms with van der Waals surface area (Å²) in [4.78, 5) is 18.6. The van der Waals surface area contributed by atoms with Crippen molar-refractivity contribution < 1.29 is 14.6 Å². The molecular weight excluding hydrogens is 378 g/mol. The molecule has 1 heterocycles. The maximum Gasteiger partial charge on any atom is 0.335 e. The predicted molar refractivity (Wildman–Crippen MR) is 114 cm³/mol. The van der Waals surface area contributed by atoms with Gasteiger partial charge in [-0.15, -0.1) is 0 Å². The molecule has 6 heteroatoms. The van der Waals surface area contributed by atoms with E-state index in [-0.39, 0.29) is 12.2 Å². The summed E-state index contributed by atoms with van der Waals surface area (Å²) in [6, 6.07) is 23.7. The molecule has 2 N–H and O–H groups in total. The number of carboxylic acid groups (broad SMARTS) is 1. The molecule has 0 saturated heterocycles. The van der Waals surface area contributed by atoms with Crippen LogP contribution in [0.2, 0.25) is 0 Å². The summed E-state index contributed by atoms with van der Waals surface area (Å²) in [6.45, 7) is 0.275. The lowest BCUT2D eigenvalue weighted by molar-refractivity contribution is 0.0697. The Balaban J connectivity index is 1.58. The number of aromatic amines is 1. The molecular formula is C24H17N3O3. The monoisotopic (exact) mass is 395 g/mol. The van der Waals surface area contributed by atoms with Crippen molar-refractivity contribution in [2.75, 3.05) is 0 Å². The second kappa shape index (κ2) is 8.33. The Labute approximate surface area is 172 Å². The summed E-state index contributed by atoms with van der Waals surface area (Å²) in [7, 11) is 0. The number of allylic oxidation sites excluding steroid dienone is 1. The predicted octanol–water partition coefficient (Wildman–Crippen LogP) is 4.90. The quantitative estimate of drug-likeness (QED) is 0.452. The van der Waals surface area contributed by atoms with E-state index in [2.05, 4.69) is 16.0 Å². The Morgan fingerprint density at radius 3 is 2.53 bits per heavy atom. The molecule has 4 rings (SSSR count). The molecule has 0 aliphatic rings. The molecule has 0 saturated carbocycles. The van der Waals surface area contributed by atoms with Crippen LogP contribution in [0.4, 0.5) is 0 Å². The average Bonchev–Trinajstić information content (AvgIpc) is 3.21. The van der Waals surface area contributed by atoms with Crippen LogP contribution in [-0.4, -0.2) is 21.0 Å². The van der Waals surface area contributed by atoms with E-state index < -0.39 is 5.97 Å². The fourth-order valence-corrected chi connectivity index (χ4v) is 3.03. The number of hydrogen-bond acceptors (Lipinski definition) is 4. The zero-order valence-electron chi connectivity index (χ0n) is 15.9. The van der Waals surface area contributed by atoms with E-state index in [1.165, 1.54) is 0 Å². The highest BCUT2D eigenvalue weighted by Gasteiger charge is 2.10. The third-order valence-electron chi connectivity index (χ3n) is 4.58. The van der Waals surface area contributed by atoms with Gasteiger partial charge in [0.05, 0.1) is 22.2 Å². The molecule has 0 aliphatic carbocycles. The molecule has 0 fully saturated rings. The highest BCUT2D eigenvalue weighted by molar-refractivity contribution is 5.91. The van der Waals surface area contributed by atoms with Crippen molar-refractivity contribution in [3.8, 4) is 11.8 Å². The van der Waals surface area contributed by atoms with E-state index >= 15 is 0 Å². The number of carboxylic acids is 1. The van der Waals surface area contributed by atoms with Gasteiger partial charge in [0.25, 0.3) is 0 Å². The van der Waals surface area contributed by atoms with Gasteiger partial charge in [-0.2, -0.15) is 5.26 Å². The normalized spacial score (nSPS) is 11.2.